The number of morpholine rings is 1. The molecule has 2 rings (SSSR count). The fourth-order valence-corrected chi connectivity index (χ4v) is 1.67. The number of nitrogens with one attached hydrogen (secondary N) is 1. The number of primary amides is 1. The van der Waals surface area contributed by atoms with Crippen LogP contribution in [-0.4, -0.2) is 43.1 Å². The summed E-state index contributed by atoms with van der Waals surface area (Å²) in [5.74, 6) is -0.706. The number of hydrogen-bond acceptors (Lipinski definition) is 4. The Labute approximate surface area is 105 Å². The molecule has 0 saturated carbocycles. The Morgan fingerprint density at radius 3 is 2.22 bits per heavy atom. The average Bonchev–Trinajstić information content (AvgIpc) is 2.40. The molecule has 1 saturated heterocycles. The highest BCUT2D eigenvalue weighted by atomic mass is 16.5. The van der Waals surface area contributed by atoms with Crippen LogP contribution >= 0.6 is 0 Å². The third-order valence-corrected chi connectivity index (χ3v) is 2.70. The van der Waals surface area contributed by atoms with Gasteiger partial charge in [-0.1, -0.05) is 0 Å². The highest BCUT2D eigenvalue weighted by molar-refractivity contribution is 5.97. The molecule has 2 amide bonds. The van der Waals surface area contributed by atoms with Gasteiger partial charge in [-0.15, -0.1) is 0 Å². The number of hydrogen-bond donors (Lipinski definition) is 2. The minimum Gasteiger partial charge on any atom is -0.379 e. The van der Waals surface area contributed by atoms with E-state index < -0.39 is 5.91 Å². The van der Waals surface area contributed by atoms with Crippen molar-refractivity contribution < 1.29 is 14.3 Å². The van der Waals surface area contributed by atoms with Crippen molar-refractivity contribution in [3.63, 3.8) is 0 Å². The molecular formula is C12H15N3O3. The van der Waals surface area contributed by atoms with Gasteiger partial charge in [0, 0.05) is 24.2 Å². The third-order valence-electron chi connectivity index (χ3n) is 2.70. The van der Waals surface area contributed by atoms with Gasteiger partial charge in [-0.2, -0.15) is 0 Å². The molecule has 0 unspecified atom stereocenters. The van der Waals surface area contributed by atoms with Gasteiger partial charge in [-0.25, -0.2) is 5.01 Å². The van der Waals surface area contributed by atoms with Gasteiger partial charge in [-0.3, -0.25) is 15.0 Å². The smallest absolute Gasteiger partial charge is 0.265 e. The number of ether oxygens (including phenoxy) is 1. The van der Waals surface area contributed by atoms with E-state index in [4.69, 9.17) is 10.5 Å². The van der Waals surface area contributed by atoms with Crippen molar-refractivity contribution >= 4 is 11.8 Å². The van der Waals surface area contributed by atoms with Crippen LogP contribution in [0.3, 0.4) is 0 Å². The summed E-state index contributed by atoms with van der Waals surface area (Å²) >= 11 is 0. The lowest BCUT2D eigenvalue weighted by Crippen LogP contribution is -2.48. The molecule has 0 radical (unpaired) electrons. The fourth-order valence-electron chi connectivity index (χ4n) is 1.67. The minimum atomic E-state index is -0.505. The number of carbonyl (C=O) groups excluding carboxylic acids is 2. The van der Waals surface area contributed by atoms with Crippen molar-refractivity contribution in [2.24, 2.45) is 5.73 Å². The molecule has 6 heteroatoms. The van der Waals surface area contributed by atoms with E-state index in [1.165, 1.54) is 12.1 Å². The molecule has 0 atom stereocenters. The molecule has 0 aromatic heterocycles. The molecule has 1 aliphatic heterocycles. The quantitative estimate of drug-likeness (QED) is 0.774. The second kappa shape index (κ2) is 5.61. The SMILES string of the molecule is NC(=O)c1ccc(C(=O)NN2CCOCC2)cc1. The molecule has 0 spiro atoms. The van der Waals surface area contributed by atoms with Gasteiger partial charge in [0.15, 0.2) is 0 Å². The van der Waals surface area contributed by atoms with Gasteiger partial charge in [0.2, 0.25) is 5.91 Å². The molecule has 3 N–H and O–H groups in total. The van der Waals surface area contributed by atoms with E-state index in [1.807, 2.05) is 5.01 Å². The van der Waals surface area contributed by atoms with E-state index in [1.54, 1.807) is 12.1 Å². The molecule has 6 nitrogen and oxygen atoms in total. The lowest BCUT2D eigenvalue weighted by molar-refractivity contribution is 0.0126. The average molecular weight is 249 g/mol. The maximum absolute atomic E-state index is 11.9. The first kappa shape index (κ1) is 12.5. The molecule has 0 aliphatic carbocycles. The Morgan fingerprint density at radius 2 is 1.67 bits per heavy atom. The number of benzene rings is 1. The predicted molar refractivity (Wildman–Crippen MR) is 64.8 cm³/mol. The highest BCUT2D eigenvalue weighted by Crippen LogP contribution is 2.04. The van der Waals surface area contributed by atoms with Gasteiger partial charge in [-0.05, 0) is 24.3 Å². The van der Waals surface area contributed by atoms with Gasteiger partial charge in [0.1, 0.15) is 0 Å². The van der Waals surface area contributed by atoms with E-state index in [0.29, 0.717) is 37.4 Å². The van der Waals surface area contributed by atoms with Crippen LogP contribution in [0.15, 0.2) is 24.3 Å². The zero-order chi connectivity index (χ0) is 13.0. The zero-order valence-corrected chi connectivity index (χ0v) is 9.89. The second-order valence-electron chi connectivity index (χ2n) is 3.98. The number of amides is 2. The van der Waals surface area contributed by atoms with Crippen LogP contribution in [0.1, 0.15) is 20.7 Å². The van der Waals surface area contributed by atoms with Crippen LogP contribution in [0.25, 0.3) is 0 Å². The monoisotopic (exact) mass is 249 g/mol. The first-order valence-electron chi connectivity index (χ1n) is 5.70. The summed E-state index contributed by atoms with van der Waals surface area (Å²) in [4.78, 5) is 22.8. The number of carbonyl (C=O) groups is 2. The van der Waals surface area contributed by atoms with Crippen LogP contribution in [0.5, 0.6) is 0 Å². The van der Waals surface area contributed by atoms with Crippen LogP contribution in [0, 0.1) is 0 Å². The second-order valence-corrected chi connectivity index (χ2v) is 3.98. The Hall–Kier alpha value is -1.92. The van der Waals surface area contributed by atoms with Crippen molar-refractivity contribution in [2.45, 2.75) is 0 Å². The topological polar surface area (TPSA) is 84.7 Å². The van der Waals surface area contributed by atoms with Crippen molar-refractivity contribution in [2.75, 3.05) is 26.3 Å². The number of rotatable bonds is 3. The van der Waals surface area contributed by atoms with Crippen LogP contribution in [0.4, 0.5) is 0 Å². The highest BCUT2D eigenvalue weighted by Gasteiger charge is 2.14. The minimum absolute atomic E-state index is 0.201. The van der Waals surface area contributed by atoms with Gasteiger partial charge < -0.3 is 10.5 Å². The normalized spacial score (nSPS) is 16.2. The van der Waals surface area contributed by atoms with Crippen LogP contribution in [0.2, 0.25) is 0 Å². The van der Waals surface area contributed by atoms with Crippen LogP contribution in [-0.2, 0) is 4.74 Å². The molecule has 1 fully saturated rings. The first-order valence-corrected chi connectivity index (χ1v) is 5.70. The Kier molecular flexibility index (Phi) is 3.91. The van der Waals surface area contributed by atoms with E-state index in [0.717, 1.165) is 0 Å². The maximum atomic E-state index is 11.9. The molecule has 18 heavy (non-hydrogen) atoms. The van der Waals surface area contributed by atoms with Crippen molar-refractivity contribution in [1.29, 1.82) is 0 Å². The summed E-state index contributed by atoms with van der Waals surface area (Å²) in [6.07, 6.45) is 0. The van der Waals surface area contributed by atoms with Crippen molar-refractivity contribution in [3.05, 3.63) is 35.4 Å². The van der Waals surface area contributed by atoms with E-state index in [-0.39, 0.29) is 5.91 Å². The fraction of sp³-hybridized carbons (Fsp3) is 0.333. The standard InChI is InChI=1S/C12H15N3O3/c13-11(16)9-1-3-10(4-2-9)12(17)14-15-5-7-18-8-6-15/h1-4H,5-8H2,(H2,13,16)(H,14,17). The maximum Gasteiger partial charge on any atom is 0.265 e. The molecule has 1 aromatic carbocycles. The molecule has 1 heterocycles. The summed E-state index contributed by atoms with van der Waals surface area (Å²) in [5.41, 5.74) is 8.79. The molecule has 96 valence electrons. The van der Waals surface area contributed by atoms with Crippen molar-refractivity contribution in [3.8, 4) is 0 Å². The molecule has 1 aromatic rings. The van der Waals surface area contributed by atoms with E-state index in [2.05, 4.69) is 5.43 Å². The molecule has 1 aliphatic rings. The number of hydrazine groups is 1. The lowest BCUT2D eigenvalue weighted by atomic mass is 10.1. The zero-order valence-electron chi connectivity index (χ0n) is 9.89. The lowest BCUT2D eigenvalue weighted by Gasteiger charge is -2.26. The largest absolute Gasteiger partial charge is 0.379 e. The Morgan fingerprint density at radius 1 is 1.11 bits per heavy atom. The van der Waals surface area contributed by atoms with E-state index in [9.17, 15) is 9.59 Å². The first-order chi connectivity index (χ1) is 8.66. The third kappa shape index (κ3) is 3.06. The predicted octanol–water partition coefficient (Wildman–Crippen LogP) is -0.237. The van der Waals surface area contributed by atoms with Gasteiger partial charge in [0.25, 0.3) is 5.91 Å². The summed E-state index contributed by atoms with van der Waals surface area (Å²) in [7, 11) is 0. The summed E-state index contributed by atoms with van der Waals surface area (Å²) in [6.45, 7) is 2.57. The summed E-state index contributed by atoms with van der Waals surface area (Å²) in [5, 5.41) is 1.81. The molecule has 0 bridgehead atoms. The van der Waals surface area contributed by atoms with Gasteiger partial charge >= 0.3 is 0 Å². The van der Waals surface area contributed by atoms with Gasteiger partial charge in [0.05, 0.1) is 13.2 Å². The van der Waals surface area contributed by atoms with Crippen LogP contribution < -0.4 is 11.2 Å². The molecular weight excluding hydrogens is 234 g/mol. The summed E-state index contributed by atoms with van der Waals surface area (Å²) in [6, 6.07) is 6.23. The summed E-state index contributed by atoms with van der Waals surface area (Å²) < 4.78 is 5.18. The Balaban J connectivity index is 1.97. The number of nitrogens with zero attached hydrogens (tertiary/aromatic N) is 1. The Bertz CT molecular complexity index is 438. The number of nitrogens with two attached hydrogens (primary N) is 1. The van der Waals surface area contributed by atoms with Crippen molar-refractivity contribution in [1.82, 2.24) is 10.4 Å². The van der Waals surface area contributed by atoms with E-state index >= 15 is 0 Å².